The van der Waals surface area contributed by atoms with Crippen molar-refractivity contribution in [3.8, 4) is 0 Å². The molecular weight excluding hydrogens is 216 g/mol. The molecule has 2 heterocycles. The van der Waals surface area contributed by atoms with E-state index in [-0.39, 0.29) is 0 Å². The summed E-state index contributed by atoms with van der Waals surface area (Å²) in [6.45, 7) is 1.96. The van der Waals surface area contributed by atoms with Gasteiger partial charge in [-0.1, -0.05) is 0 Å². The normalized spacial score (nSPS) is 10.4. The minimum Gasteiger partial charge on any atom is -0.397 e. The summed E-state index contributed by atoms with van der Waals surface area (Å²) in [5.41, 5.74) is 7.56. The number of nitrogen functional groups attached to an aromatic ring is 1. The average Bonchev–Trinajstić information content (AvgIpc) is 2.62. The van der Waals surface area contributed by atoms with Gasteiger partial charge in [-0.15, -0.1) is 0 Å². The molecule has 0 radical (unpaired) electrons. The highest BCUT2D eigenvalue weighted by molar-refractivity contribution is 8.01. The van der Waals surface area contributed by atoms with Crippen molar-refractivity contribution in [1.29, 1.82) is 0 Å². The summed E-state index contributed by atoms with van der Waals surface area (Å²) in [5, 5.41) is 0.785. The Balaban J connectivity index is 2.25. The van der Waals surface area contributed by atoms with Crippen LogP contribution in [0.4, 0.5) is 5.69 Å². The molecule has 4 nitrogen and oxygen atoms in total. The van der Waals surface area contributed by atoms with Crippen molar-refractivity contribution >= 4 is 29.0 Å². The lowest BCUT2D eigenvalue weighted by Crippen LogP contribution is -1.92. The molecule has 0 aliphatic rings. The maximum Gasteiger partial charge on any atom is 0.176 e. The largest absolute Gasteiger partial charge is 0.397 e. The number of aromatic nitrogens is 3. The monoisotopic (exact) mass is 224 g/mol. The van der Waals surface area contributed by atoms with Crippen molar-refractivity contribution in [2.45, 2.75) is 16.3 Å². The fourth-order valence-corrected chi connectivity index (χ4v) is 2.30. The first-order valence-corrected chi connectivity index (χ1v) is 5.51. The first-order chi connectivity index (χ1) is 6.75. The molecule has 0 fully saturated rings. The molecule has 0 aliphatic carbocycles. The van der Waals surface area contributed by atoms with Gasteiger partial charge in [0.15, 0.2) is 4.34 Å². The van der Waals surface area contributed by atoms with Crippen LogP contribution in [0, 0.1) is 6.92 Å². The van der Waals surface area contributed by atoms with Crippen LogP contribution in [0.1, 0.15) is 5.56 Å². The van der Waals surface area contributed by atoms with Crippen molar-refractivity contribution in [2.75, 3.05) is 5.73 Å². The van der Waals surface area contributed by atoms with Crippen LogP contribution in [-0.4, -0.2) is 14.3 Å². The van der Waals surface area contributed by atoms with Crippen LogP contribution >= 0.6 is 23.3 Å². The van der Waals surface area contributed by atoms with Crippen molar-refractivity contribution in [3.05, 3.63) is 24.2 Å². The molecule has 0 saturated carbocycles. The van der Waals surface area contributed by atoms with Gasteiger partial charge in [0, 0.05) is 6.20 Å². The number of aryl methyl sites for hydroxylation is 1. The Bertz CT molecular complexity index is 427. The van der Waals surface area contributed by atoms with E-state index in [1.54, 1.807) is 6.20 Å². The summed E-state index contributed by atoms with van der Waals surface area (Å²) in [6, 6.07) is 1.90. The Morgan fingerprint density at radius 1 is 1.43 bits per heavy atom. The number of pyridine rings is 1. The third kappa shape index (κ3) is 2.02. The molecule has 0 spiro atoms. The highest BCUT2D eigenvalue weighted by Crippen LogP contribution is 2.30. The van der Waals surface area contributed by atoms with Crippen molar-refractivity contribution in [2.24, 2.45) is 0 Å². The van der Waals surface area contributed by atoms with Gasteiger partial charge in [0.2, 0.25) is 0 Å². The summed E-state index contributed by atoms with van der Waals surface area (Å²) < 4.78 is 4.76. The molecule has 0 aliphatic heterocycles. The molecule has 0 unspecified atom stereocenters. The SMILES string of the molecule is Cc1cnc(Sc2ncns2)c(N)c1. The molecular formula is C8H8N4S2. The fraction of sp³-hybridized carbons (Fsp3) is 0.125. The second-order valence-corrected chi connectivity index (χ2v) is 4.73. The number of nitrogens with zero attached hydrogens (tertiary/aromatic N) is 3. The van der Waals surface area contributed by atoms with Gasteiger partial charge in [-0.05, 0) is 41.8 Å². The predicted octanol–water partition coefficient (Wildman–Crippen LogP) is 1.97. The van der Waals surface area contributed by atoms with Crippen molar-refractivity contribution in [3.63, 3.8) is 0 Å². The molecule has 2 aromatic heterocycles. The molecule has 14 heavy (non-hydrogen) atoms. The number of nitrogens with two attached hydrogens (primary N) is 1. The van der Waals surface area contributed by atoms with Crippen LogP contribution in [0.2, 0.25) is 0 Å². The molecule has 0 aromatic carbocycles. The Kier molecular flexibility index (Phi) is 2.64. The fourth-order valence-electron chi connectivity index (χ4n) is 0.955. The average molecular weight is 224 g/mol. The standard InChI is InChI=1S/C8H8N4S2/c1-5-2-6(9)7(10-3-5)13-8-11-4-12-14-8/h2-4H,9H2,1H3. The highest BCUT2D eigenvalue weighted by Gasteiger charge is 2.05. The minimum absolute atomic E-state index is 0.685. The van der Waals surface area contributed by atoms with E-state index in [1.807, 2.05) is 13.0 Å². The first-order valence-electron chi connectivity index (χ1n) is 3.92. The molecule has 2 N–H and O–H groups in total. The number of anilines is 1. The summed E-state index contributed by atoms with van der Waals surface area (Å²) in [6.07, 6.45) is 3.32. The van der Waals surface area contributed by atoms with Crippen LogP contribution in [0.15, 0.2) is 28.0 Å². The number of hydrogen-bond acceptors (Lipinski definition) is 6. The summed E-state index contributed by atoms with van der Waals surface area (Å²) in [5.74, 6) is 0. The molecule has 0 amide bonds. The zero-order valence-corrected chi connectivity index (χ0v) is 9.10. The summed E-state index contributed by atoms with van der Waals surface area (Å²) in [7, 11) is 0. The molecule has 6 heteroatoms. The van der Waals surface area contributed by atoms with Crippen LogP contribution in [0.3, 0.4) is 0 Å². The van der Waals surface area contributed by atoms with Gasteiger partial charge in [-0.3, -0.25) is 0 Å². The minimum atomic E-state index is 0.685. The molecule has 2 aromatic rings. The lowest BCUT2D eigenvalue weighted by Gasteiger charge is -2.01. The summed E-state index contributed by atoms with van der Waals surface area (Å²) >= 11 is 2.78. The van der Waals surface area contributed by atoms with E-state index in [0.717, 1.165) is 14.9 Å². The highest BCUT2D eigenvalue weighted by atomic mass is 32.2. The molecule has 0 bridgehead atoms. The van der Waals surface area contributed by atoms with Gasteiger partial charge in [-0.25, -0.2) is 9.97 Å². The van der Waals surface area contributed by atoms with Crippen molar-refractivity contribution < 1.29 is 0 Å². The number of hydrogen-bond donors (Lipinski definition) is 1. The van der Waals surface area contributed by atoms with E-state index >= 15 is 0 Å². The molecule has 72 valence electrons. The lowest BCUT2D eigenvalue weighted by atomic mass is 10.3. The molecule has 2 rings (SSSR count). The predicted molar refractivity (Wildman–Crippen MR) is 57.4 cm³/mol. The van der Waals surface area contributed by atoms with Crippen LogP contribution in [0.25, 0.3) is 0 Å². The van der Waals surface area contributed by atoms with Crippen LogP contribution < -0.4 is 5.73 Å². The van der Waals surface area contributed by atoms with Gasteiger partial charge in [-0.2, -0.15) is 4.37 Å². The number of rotatable bonds is 2. The summed E-state index contributed by atoms with van der Waals surface area (Å²) in [4.78, 5) is 8.28. The zero-order valence-electron chi connectivity index (χ0n) is 7.47. The van der Waals surface area contributed by atoms with Gasteiger partial charge in [0.05, 0.1) is 5.69 Å². The third-order valence-electron chi connectivity index (χ3n) is 1.54. The van der Waals surface area contributed by atoms with Gasteiger partial charge < -0.3 is 5.73 Å². The van der Waals surface area contributed by atoms with E-state index in [9.17, 15) is 0 Å². The van der Waals surface area contributed by atoms with E-state index in [2.05, 4.69) is 14.3 Å². The topological polar surface area (TPSA) is 64.7 Å². The van der Waals surface area contributed by atoms with E-state index in [4.69, 9.17) is 5.73 Å². The van der Waals surface area contributed by atoms with E-state index < -0.39 is 0 Å². The van der Waals surface area contributed by atoms with Gasteiger partial charge in [0.1, 0.15) is 11.4 Å². The first kappa shape index (κ1) is 9.42. The Hall–Kier alpha value is -1.14. The Morgan fingerprint density at radius 3 is 2.93 bits per heavy atom. The van der Waals surface area contributed by atoms with Gasteiger partial charge >= 0.3 is 0 Å². The van der Waals surface area contributed by atoms with Crippen molar-refractivity contribution in [1.82, 2.24) is 14.3 Å². The van der Waals surface area contributed by atoms with Crippen LogP contribution in [0.5, 0.6) is 0 Å². The lowest BCUT2D eigenvalue weighted by molar-refractivity contribution is 1.11. The molecule has 0 saturated heterocycles. The zero-order chi connectivity index (χ0) is 9.97. The second-order valence-electron chi connectivity index (χ2n) is 2.72. The van der Waals surface area contributed by atoms with Crippen LogP contribution in [-0.2, 0) is 0 Å². The smallest absolute Gasteiger partial charge is 0.176 e. The van der Waals surface area contributed by atoms with Gasteiger partial charge in [0.25, 0.3) is 0 Å². The molecule has 0 atom stereocenters. The quantitative estimate of drug-likeness (QED) is 0.845. The third-order valence-corrected chi connectivity index (χ3v) is 3.29. The Labute approximate surface area is 89.8 Å². The Morgan fingerprint density at radius 2 is 2.29 bits per heavy atom. The second kappa shape index (κ2) is 3.93. The maximum absolute atomic E-state index is 5.81. The van der Waals surface area contributed by atoms with E-state index in [1.165, 1.54) is 29.6 Å². The maximum atomic E-state index is 5.81. The van der Waals surface area contributed by atoms with E-state index in [0.29, 0.717) is 5.69 Å².